The van der Waals surface area contributed by atoms with Gasteiger partial charge in [0, 0.05) is 16.7 Å². The van der Waals surface area contributed by atoms with Gasteiger partial charge in [-0.2, -0.15) is 0 Å². The molecule has 0 aliphatic rings. The summed E-state index contributed by atoms with van der Waals surface area (Å²) in [7, 11) is 0. The largest absolute Gasteiger partial charge is 0.294 e. The van der Waals surface area contributed by atoms with Gasteiger partial charge in [-0.25, -0.2) is 0 Å². The fraction of sp³-hybridized carbons (Fsp3) is 0.0400. The number of hydrogen-bond donors (Lipinski definition) is 0. The van der Waals surface area contributed by atoms with Crippen LogP contribution in [0.25, 0.3) is 10.8 Å². The summed E-state index contributed by atoms with van der Waals surface area (Å²) in [5.41, 5.74) is 2.27. The van der Waals surface area contributed by atoms with Gasteiger partial charge in [-0.05, 0) is 17.7 Å². The fourth-order valence-electron chi connectivity index (χ4n) is 2.88. The first-order chi connectivity index (χ1) is 13.2. The summed E-state index contributed by atoms with van der Waals surface area (Å²) in [6, 6.07) is 32.3. The molecule has 2 heteroatoms. The van der Waals surface area contributed by atoms with Gasteiger partial charge in [0.05, 0.1) is 0 Å². The molecule has 2 nitrogen and oxygen atoms in total. The maximum Gasteiger partial charge on any atom is 0.193 e. The molecule has 4 aromatic rings. The lowest BCUT2D eigenvalue weighted by Crippen LogP contribution is -1.99. The van der Waals surface area contributed by atoms with E-state index in [-0.39, 0.29) is 11.6 Å². The van der Waals surface area contributed by atoms with Crippen LogP contribution in [0.1, 0.15) is 33.2 Å². The Morgan fingerprint density at radius 2 is 1.04 bits per heavy atom. The Kier molecular flexibility index (Phi) is 5.91. The molecular weight excluding hydrogens is 332 g/mol. The van der Waals surface area contributed by atoms with Crippen molar-refractivity contribution in [3.63, 3.8) is 0 Å². The summed E-state index contributed by atoms with van der Waals surface area (Å²) >= 11 is 0. The highest BCUT2D eigenvalue weighted by atomic mass is 16.1. The van der Waals surface area contributed by atoms with Crippen LogP contribution in [0.3, 0.4) is 0 Å². The third-order valence-corrected chi connectivity index (χ3v) is 4.24. The standard InChI is InChI=1S/C13H10O.C12H10O/c14-13(11-7-3-1-4-8-11)12-9-5-2-6-10-12;1-9(13)11-8-4-6-10-5-2-3-7-12(10)11/h1-10H;2-8H,1H3. The van der Waals surface area contributed by atoms with E-state index < -0.39 is 0 Å². The lowest BCUT2D eigenvalue weighted by atomic mass is 10.0. The molecule has 4 aromatic carbocycles. The fourth-order valence-corrected chi connectivity index (χ4v) is 2.88. The molecule has 0 aliphatic heterocycles. The van der Waals surface area contributed by atoms with Crippen molar-refractivity contribution in [2.45, 2.75) is 6.92 Å². The molecule has 0 aromatic heterocycles. The van der Waals surface area contributed by atoms with Crippen molar-refractivity contribution in [1.29, 1.82) is 0 Å². The van der Waals surface area contributed by atoms with Crippen LogP contribution in [-0.4, -0.2) is 11.6 Å². The van der Waals surface area contributed by atoms with Crippen LogP contribution < -0.4 is 0 Å². The smallest absolute Gasteiger partial charge is 0.193 e. The molecule has 0 bridgehead atoms. The van der Waals surface area contributed by atoms with Gasteiger partial charge in [0.2, 0.25) is 0 Å². The van der Waals surface area contributed by atoms with Crippen molar-refractivity contribution >= 4 is 22.3 Å². The van der Waals surface area contributed by atoms with Crippen LogP contribution in [0, 0.1) is 0 Å². The van der Waals surface area contributed by atoms with E-state index in [9.17, 15) is 9.59 Å². The van der Waals surface area contributed by atoms with Gasteiger partial charge < -0.3 is 0 Å². The lowest BCUT2D eigenvalue weighted by molar-refractivity contribution is 0.101. The number of rotatable bonds is 3. The third-order valence-electron chi connectivity index (χ3n) is 4.24. The highest BCUT2D eigenvalue weighted by Crippen LogP contribution is 2.18. The van der Waals surface area contributed by atoms with Gasteiger partial charge in [-0.15, -0.1) is 0 Å². The number of carbonyl (C=O) groups excluding carboxylic acids is 2. The predicted molar refractivity (Wildman–Crippen MR) is 110 cm³/mol. The van der Waals surface area contributed by atoms with Crippen molar-refractivity contribution in [3.8, 4) is 0 Å². The summed E-state index contributed by atoms with van der Waals surface area (Å²) in [6.07, 6.45) is 0. The Hall–Kier alpha value is -3.52. The molecule has 0 atom stereocenters. The number of hydrogen-bond acceptors (Lipinski definition) is 2. The van der Waals surface area contributed by atoms with Gasteiger partial charge in [-0.3, -0.25) is 9.59 Å². The van der Waals surface area contributed by atoms with Crippen LogP contribution in [0.5, 0.6) is 0 Å². The van der Waals surface area contributed by atoms with Gasteiger partial charge in [0.15, 0.2) is 11.6 Å². The molecule has 0 radical (unpaired) electrons. The second-order valence-electron chi connectivity index (χ2n) is 6.14. The number of carbonyl (C=O) groups is 2. The zero-order valence-electron chi connectivity index (χ0n) is 15.1. The van der Waals surface area contributed by atoms with E-state index in [4.69, 9.17) is 0 Å². The minimum absolute atomic E-state index is 0.0752. The molecule has 0 aliphatic carbocycles. The van der Waals surface area contributed by atoms with Crippen molar-refractivity contribution < 1.29 is 9.59 Å². The topological polar surface area (TPSA) is 34.1 Å². The minimum atomic E-state index is 0.0752. The highest BCUT2D eigenvalue weighted by molar-refractivity contribution is 6.09. The Morgan fingerprint density at radius 1 is 0.556 bits per heavy atom. The maximum atomic E-state index is 11.8. The van der Waals surface area contributed by atoms with Crippen LogP contribution in [-0.2, 0) is 0 Å². The Morgan fingerprint density at radius 3 is 1.59 bits per heavy atom. The van der Waals surface area contributed by atoms with E-state index in [1.165, 1.54) is 0 Å². The number of fused-ring (bicyclic) bond motifs is 1. The first kappa shape index (κ1) is 18.3. The quantitative estimate of drug-likeness (QED) is 0.426. The summed E-state index contributed by atoms with van der Waals surface area (Å²) in [5, 5.41) is 2.16. The van der Waals surface area contributed by atoms with Crippen molar-refractivity contribution in [1.82, 2.24) is 0 Å². The summed E-state index contributed by atoms with van der Waals surface area (Å²) in [5.74, 6) is 0.197. The monoisotopic (exact) mass is 352 g/mol. The molecule has 0 heterocycles. The van der Waals surface area contributed by atoms with E-state index in [1.807, 2.05) is 103 Å². The van der Waals surface area contributed by atoms with Crippen LogP contribution in [0.2, 0.25) is 0 Å². The molecule has 132 valence electrons. The molecule has 27 heavy (non-hydrogen) atoms. The van der Waals surface area contributed by atoms with Crippen LogP contribution in [0.4, 0.5) is 0 Å². The number of ketones is 2. The molecule has 0 saturated heterocycles. The van der Waals surface area contributed by atoms with E-state index >= 15 is 0 Å². The molecule has 0 N–H and O–H groups in total. The predicted octanol–water partition coefficient (Wildman–Crippen LogP) is 5.96. The Bertz CT molecular complexity index is 1000. The van der Waals surface area contributed by atoms with Gasteiger partial charge in [0.1, 0.15) is 0 Å². The van der Waals surface area contributed by atoms with E-state index in [0.29, 0.717) is 0 Å². The minimum Gasteiger partial charge on any atom is -0.294 e. The lowest BCUT2D eigenvalue weighted by Gasteiger charge is -2.01. The van der Waals surface area contributed by atoms with E-state index in [1.54, 1.807) is 6.92 Å². The second-order valence-corrected chi connectivity index (χ2v) is 6.14. The van der Waals surface area contributed by atoms with Crippen LogP contribution >= 0.6 is 0 Å². The van der Waals surface area contributed by atoms with Gasteiger partial charge in [0.25, 0.3) is 0 Å². The normalized spacial score (nSPS) is 9.96. The molecule has 4 rings (SSSR count). The molecule has 0 amide bonds. The average molecular weight is 352 g/mol. The van der Waals surface area contributed by atoms with E-state index in [0.717, 1.165) is 27.5 Å². The number of benzene rings is 4. The average Bonchev–Trinajstić information content (AvgIpc) is 2.74. The first-order valence-electron chi connectivity index (χ1n) is 8.80. The van der Waals surface area contributed by atoms with Crippen molar-refractivity contribution in [2.24, 2.45) is 0 Å². The van der Waals surface area contributed by atoms with Gasteiger partial charge in [-0.1, -0.05) is 103 Å². The molecule has 0 spiro atoms. The Labute approximate surface area is 159 Å². The SMILES string of the molecule is CC(=O)c1cccc2ccccc12.O=C(c1ccccc1)c1ccccc1. The third kappa shape index (κ3) is 4.56. The zero-order chi connectivity index (χ0) is 19.1. The summed E-state index contributed by atoms with van der Waals surface area (Å²) in [4.78, 5) is 23.1. The molecule has 0 saturated carbocycles. The summed E-state index contributed by atoms with van der Waals surface area (Å²) in [6.45, 7) is 1.60. The maximum absolute atomic E-state index is 11.8. The molecule has 0 unspecified atom stereocenters. The first-order valence-corrected chi connectivity index (χ1v) is 8.80. The molecular formula is C25H20O2. The van der Waals surface area contributed by atoms with Crippen molar-refractivity contribution in [2.75, 3.05) is 0 Å². The van der Waals surface area contributed by atoms with Gasteiger partial charge >= 0.3 is 0 Å². The Balaban J connectivity index is 0.000000156. The second kappa shape index (κ2) is 8.72. The number of Topliss-reactive ketones (excluding diaryl/α,β-unsaturated/α-hetero) is 1. The molecule has 0 fully saturated rings. The zero-order valence-corrected chi connectivity index (χ0v) is 15.1. The van der Waals surface area contributed by atoms with Crippen molar-refractivity contribution in [3.05, 3.63) is 120 Å². The van der Waals surface area contributed by atoms with E-state index in [2.05, 4.69) is 0 Å². The summed E-state index contributed by atoms with van der Waals surface area (Å²) < 4.78 is 0. The van der Waals surface area contributed by atoms with Crippen LogP contribution in [0.15, 0.2) is 103 Å². The highest BCUT2D eigenvalue weighted by Gasteiger charge is 2.06.